The molecule has 0 aliphatic carbocycles. The van der Waals surface area contributed by atoms with E-state index in [1.165, 1.54) is 18.2 Å². The zero-order chi connectivity index (χ0) is 13.8. The van der Waals surface area contributed by atoms with Crippen molar-refractivity contribution in [2.45, 2.75) is 11.3 Å². The minimum absolute atomic E-state index is 0.0276. The maximum Gasteiger partial charge on any atom is 0.254 e. The second-order valence-electron chi connectivity index (χ2n) is 3.88. The fraction of sp³-hybridized carbons (Fsp3) is 0.154. The molecule has 100 valence electrons. The number of carbonyl (C=O) groups excluding carboxylic acids is 1. The van der Waals surface area contributed by atoms with Crippen LogP contribution in [-0.2, 0) is 6.42 Å². The highest BCUT2D eigenvalue weighted by atomic mass is 79.9. The molecule has 1 heterocycles. The number of halogens is 2. The molecule has 2 nitrogen and oxygen atoms in total. The summed E-state index contributed by atoms with van der Waals surface area (Å²) in [6.07, 6.45) is 0.726. The molecule has 0 saturated heterocycles. The Labute approximate surface area is 128 Å². The Balaban J connectivity index is 1.92. The summed E-state index contributed by atoms with van der Waals surface area (Å²) in [6, 6.07) is 8.14. The van der Waals surface area contributed by atoms with Gasteiger partial charge in [0, 0.05) is 16.3 Å². The number of hydrogen-bond donors (Lipinski definition) is 2. The number of benzene rings is 1. The van der Waals surface area contributed by atoms with Crippen LogP contribution in [0.15, 0.2) is 39.0 Å². The molecule has 1 N–H and O–H groups in total. The summed E-state index contributed by atoms with van der Waals surface area (Å²) in [5, 5.41) is 2.70. The van der Waals surface area contributed by atoms with E-state index in [0.717, 1.165) is 15.1 Å². The van der Waals surface area contributed by atoms with Gasteiger partial charge in [0.05, 0.1) is 9.35 Å². The first-order valence-electron chi connectivity index (χ1n) is 5.57. The molecule has 0 aliphatic rings. The van der Waals surface area contributed by atoms with E-state index in [1.807, 2.05) is 12.1 Å². The maximum atomic E-state index is 13.5. The van der Waals surface area contributed by atoms with E-state index in [0.29, 0.717) is 11.4 Å². The topological polar surface area (TPSA) is 29.1 Å². The fourth-order valence-electron chi connectivity index (χ4n) is 1.57. The van der Waals surface area contributed by atoms with E-state index in [-0.39, 0.29) is 5.56 Å². The van der Waals surface area contributed by atoms with Gasteiger partial charge in [-0.2, -0.15) is 0 Å². The molecule has 0 saturated carbocycles. The summed E-state index contributed by atoms with van der Waals surface area (Å²) < 4.78 is 14.5. The molecule has 2 rings (SSSR count). The summed E-state index contributed by atoms with van der Waals surface area (Å²) in [6.45, 7) is 0.474. The Morgan fingerprint density at radius 3 is 2.84 bits per heavy atom. The number of hydrogen-bond acceptors (Lipinski definition) is 3. The van der Waals surface area contributed by atoms with Crippen LogP contribution in [-0.4, -0.2) is 12.5 Å². The maximum absolute atomic E-state index is 13.5. The van der Waals surface area contributed by atoms with Gasteiger partial charge in [0.25, 0.3) is 5.91 Å². The van der Waals surface area contributed by atoms with Crippen LogP contribution < -0.4 is 5.32 Å². The van der Waals surface area contributed by atoms with Crippen LogP contribution >= 0.6 is 39.9 Å². The second kappa shape index (κ2) is 6.54. The van der Waals surface area contributed by atoms with Crippen molar-refractivity contribution in [3.05, 3.63) is 50.4 Å². The van der Waals surface area contributed by atoms with Gasteiger partial charge in [-0.1, -0.05) is 0 Å². The predicted molar refractivity (Wildman–Crippen MR) is 81.7 cm³/mol. The van der Waals surface area contributed by atoms with E-state index in [1.54, 1.807) is 11.3 Å². The average molecular weight is 360 g/mol. The van der Waals surface area contributed by atoms with Crippen molar-refractivity contribution < 1.29 is 9.18 Å². The first-order valence-corrected chi connectivity index (χ1v) is 7.63. The SMILES string of the molecule is O=C(NCCc1ccc(Br)s1)c1cc(S)ccc1F. The predicted octanol–water partition coefficient (Wildman–Crippen LogP) is 3.91. The van der Waals surface area contributed by atoms with E-state index < -0.39 is 11.7 Å². The molecule has 1 aromatic heterocycles. The summed E-state index contributed by atoms with van der Waals surface area (Å²) >= 11 is 9.10. The van der Waals surface area contributed by atoms with Gasteiger partial charge in [-0.05, 0) is 52.7 Å². The van der Waals surface area contributed by atoms with Gasteiger partial charge in [-0.3, -0.25) is 4.79 Å². The molecule has 0 fully saturated rings. The molecule has 0 bridgehead atoms. The van der Waals surface area contributed by atoms with Crippen molar-refractivity contribution in [3.63, 3.8) is 0 Å². The van der Waals surface area contributed by atoms with E-state index in [9.17, 15) is 9.18 Å². The molecule has 0 atom stereocenters. The van der Waals surface area contributed by atoms with Crippen molar-refractivity contribution in [2.75, 3.05) is 6.54 Å². The largest absolute Gasteiger partial charge is 0.352 e. The zero-order valence-corrected chi connectivity index (χ0v) is 13.1. The number of amides is 1. The van der Waals surface area contributed by atoms with Gasteiger partial charge < -0.3 is 5.32 Å². The zero-order valence-electron chi connectivity index (χ0n) is 9.82. The second-order valence-corrected chi connectivity index (χ2v) is 6.94. The Bertz CT molecular complexity index is 600. The third kappa shape index (κ3) is 4.06. The first-order chi connectivity index (χ1) is 9.06. The lowest BCUT2D eigenvalue weighted by Crippen LogP contribution is -2.26. The summed E-state index contributed by atoms with van der Waals surface area (Å²) in [7, 11) is 0. The monoisotopic (exact) mass is 359 g/mol. The van der Waals surface area contributed by atoms with Crippen molar-refractivity contribution in [1.82, 2.24) is 5.32 Å². The molecule has 0 radical (unpaired) electrons. The third-order valence-electron chi connectivity index (χ3n) is 2.48. The molecular weight excluding hydrogens is 349 g/mol. The average Bonchev–Trinajstić information content (AvgIpc) is 2.78. The Kier molecular flexibility index (Phi) is 5.01. The van der Waals surface area contributed by atoms with Crippen molar-refractivity contribution in [2.24, 2.45) is 0 Å². The van der Waals surface area contributed by atoms with Gasteiger partial charge in [0.1, 0.15) is 5.82 Å². The quantitative estimate of drug-likeness (QED) is 0.796. The Morgan fingerprint density at radius 2 is 2.16 bits per heavy atom. The number of rotatable bonds is 4. The van der Waals surface area contributed by atoms with Crippen molar-refractivity contribution in [1.29, 1.82) is 0 Å². The third-order valence-corrected chi connectivity index (χ3v) is 4.44. The molecule has 2 aromatic rings. The highest BCUT2D eigenvalue weighted by Crippen LogP contribution is 2.22. The summed E-state index contributed by atoms with van der Waals surface area (Å²) in [5.74, 6) is -0.946. The molecule has 0 unspecified atom stereocenters. The Hall–Kier alpha value is -0.850. The first kappa shape index (κ1) is 14.6. The molecule has 1 amide bonds. The lowest BCUT2D eigenvalue weighted by molar-refractivity contribution is 0.0950. The van der Waals surface area contributed by atoms with Crippen LogP contribution in [0.1, 0.15) is 15.2 Å². The van der Waals surface area contributed by atoms with E-state index in [2.05, 4.69) is 33.9 Å². The molecule has 0 spiro atoms. The Morgan fingerprint density at radius 1 is 1.37 bits per heavy atom. The highest BCUT2D eigenvalue weighted by Gasteiger charge is 2.11. The van der Waals surface area contributed by atoms with Gasteiger partial charge >= 0.3 is 0 Å². The fourth-order valence-corrected chi connectivity index (χ4v) is 3.25. The van der Waals surface area contributed by atoms with Crippen LogP contribution in [0.2, 0.25) is 0 Å². The van der Waals surface area contributed by atoms with Crippen LogP contribution in [0.25, 0.3) is 0 Å². The minimum Gasteiger partial charge on any atom is -0.352 e. The summed E-state index contributed by atoms with van der Waals surface area (Å²) in [4.78, 5) is 13.5. The number of nitrogens with one attached hydrogen (secondary N) is 1. The lowest BCUT2D eigenvalue weighted by Gasteiger charge is -2.06. The van der Waals surface area contributed by atoms with Crippen LogP contribution in [0, 0.1) is 5.82 Å². The summed E-state index contributed by atoms with van der Waals surface area (Å²) in [5.41, 5.74) is 0.0276. The normalized spacial score (nSPS) is 10.5. The number of thiol groups is 1. The van der Waals surface area contributed by atoms with Gasteiger partial charge in [0.15, 0.2) is 0 Å². The smallest absolute Gasteiger partial charge is 0.254 e. The van der Waals surface area contributed by atoms with Crippen molar-refractivity contribution in [3.8, 4) is 0 Å². The standard InChI is InChI=1S/C13H11BrFNOS2/c14-12-4-2-9(19-12)5-6-16-13(17)10-7-8(18)1-3-11(10)15/h1-4,7,18H,5-6H2,(H,16,17). The van der Waals surface area contributed by atoms with Gasteiger partial charge in [0.2, 0.25) is 0 Å². The molecule has 0 aliphatic heterocycles. The van der Waals surface area contributed by atoms with Crippen LogP contribution in [0.4, 0.5) is 4.39 Å². The number of carbonyl (C=O) groups is 1. The van der Waals surface area contributed by atoms with Gasteiger partial charge in [-0.25, -0.2) is 4.39 Å². The molecular formula is C13H11BrFNOS2. The molecule has 1 aromatic carbocycles. The number of thiophene rings is 1. The molecule has 19 heavy (non-hydrogen) atoms. The molecule has 6 heteroatoms. The van der Waals surface area contributed by atoms with Crippen molar-refractivity contribution >= 4 is 45.8 Å². The lowest BCUT2D eigenvalue weighted by atomic mass is 10.2. The van der Waals surface area contributed by atoms with E-state index >= 15 is 0 Å². The minimum atomic E-state index is -0.533. The van der Waals surface area contributed by atoms with Crippen LogP contribution in [0.3, 0.4) is 0 Å². The highest BCUT2D eigenvalue weighted by molar-refractivity contribution is 9.11. The van der Waals surface area contributed by atoms with Crippen LogP contribution in [0.5, 0.6) is 0 Å². The van der Waals surface area contributed by atoms with E-state index in [4.69, 9.17) is 0 Å². The van der Waals surface area contributed by atoms with Gasteiger partial charge in [-0.15, -0.1) is 24.0 Å².